The van der Waals surface area contributed by atoms with Gasteiger partial charge in [0.1, 0.15) is 4.88 Å². The Labute approximate surface area is 148 Å². The van der Waals surface area contributed by atoms with Crippen LogP contribution in [-0.2, 0) is 15.7 Å². The van der Waals surface area contributed by atoms with Gasteiger partial charge < -0.3 is 10.1 Å². The Bertz CT molecular complexity index is 833. The summed E-state index contributed by atoms with van der Waals surface area (Å²) in [5, 5.41) is 12.6. The molecule has 0 aliphatic heterocycles. The summed E-state index contributed by atoms with van der Waals surface area (Å²) in [5.74, 6) is -1.68. The van der Waals surface area contributed by atoms with Crippen LogP contribution < -0.4 is 5.32 Å². The van der Waals surface area contributed by atoms with Gasteiger partial charge in [-0.15, -0.1) is 0 Å². The Morgan fingerprint density at radius 1 is 1.19 bits per heavy atom. The monoisotopic (exact) mass is 388 g/mol. The molecular weight excluding hydrogens is 377 g/mol. The van der Waals surface area contributed by atoms with E-state index in [1.54, 1.807) is 0 Å². The molecule has 1 heterocycles. The van der Waals surface area contributed by atoms with Gasteiger partial charge in [-0.3, -0.25) is 14.9 Å². The summed E-state index contributed by atoms with van der Waals surface area (Å²) in [4.78, 5) is 33.7. The molecule has 1 N–H and O–H groups in total. The van der Waals surface area contributed by atoms with E-state index in [1.807, 2.05) is 0 Å². The first kappa shape index (κ1) is 19.4. The van der Waals surface area contributed by atoms with Crippen LogP contribution in [-0.4, -0.2) is 22.9 Å². The molecule has 26 heavy (non-hydrogen) atoms. The van der Waals surface area contributed by atoms with Crippen molar-refractivity contribution in [3.63, 3.8) is 0 Å². The molecule has 1 atom stereocenters. The lowest BCUT2D eigenvalue weighted by molar-refractivity contribution is -0.380. The highest BCUT2D eigenvalue weighted by Gasteiger charge is 2.30. The van der Waals surface area contributed by atoms with Crippen LogP contribution in [0.25, 0.3) is 0 Å². The third kappa shape index (κ3) is 4.79. The van der Waals surface area contributed by atoms with E-state index in [0.717, 1.165) is 30.3 Å². The van der Waals surface area contributed by atoms with Gasteiger partial charge in [-0.1, -0.05) is 11.3 Å². The molecule has 0 bridgehead atoms. The van der Waals surface area contributed by atoms with Gasteiger partial charge in [-0.2, -0.15) is 13.2 Å². The molecular formula is C15H11F3N2O5S. The molecule has 0 saturated heterocycles. The molecule has 0 saturated carbocycles. The van der Waals surface area contributed by atoms with Crippen molar-refractivity contribution in [2.75, 3.05) is 5.32 Å². The fourth-order valence-electron chi connectivity index (χ4n) is 1.79. The first-order chi connectivity index (χ1) is 12.1. The van der Waals surface area contributed by atoms with Crippen LogP contribution in [0, 0.1) is 10.1 Å². The Morgan fingerprint density at radius 3 is 2.31 bits per heavy atom. The van der Waals surface area contributed by atoms with Crippen LogP contribution >= 0.6 is 11.3 Å². The lowest BCUT2D eigenvalue weighted by Gasteiger charge is -2.13. The molecule has 1 aromatic carbocycles. The fourth-order valence-corrected chi connectivity index (χ4v) is 2.50. The minimum atomic E-state index is -4.49. The SMILES string of the molecule is C[C@H](OC(=O)c1ccc([N+](=O)[O-])s1)C(=O)Nc1ccc(C(F)(F)F)cc1. The van der Waals surface area contributed by atoms with Crippen LogP contribution in [0.2, 0.25) is 0 Å². The molecule has 0 unspecified atom stereocenters. The Balaban J connectivity index is 1.96. The lowest BCUT2D eigenvalue weighted by atomic mass is 10.2. The first-order valence-corrected chi connectivity index (χ1v) is 7.83. The molecule has 0 aliphatic carbocycles. The molecule has 0 spiro atoms. The number of hydrogen-bond donors (Lipinski definition) is 1. The number of nitro groups is 1. The van der Waals surface area contributed by atoms with Crippen LogP contribution in [0.4, 0.5) is 23.9 Å². The van der Waals surface area contributed by atoms with Gasteiger partial charge in [0.2, 0.25) is 0 Å². The maximum atomic E-state index is 12.5. The van der Waals surface area contributed by atoms with Crippen LogP contribution in [0.3, 0.4) is 0 Å². The van der Waals surface area contributed by atoms with Crippen molar-refractivity contribution in [2.24, 2.45) is 0 Å². The number of rotatable bonds is 5. The molecule has 0 radical (unpaired) electrons. The molecule has 1 aromatic heterocycles. The van der Waals surface area contributed by atoms with Gasteiger partial charge in [-0.05, 0) is 37.3 Å². The quantitative estimate of drug-likeness (QED) is 0.476. The summed E-state index contributed by atoms with van der Waals surface area (Å²) in [5.41, 5.74) is -0.771. The predicted octanol–water partition coefficient (Wildman–Crippen LogP) is 3.86. The van der Waals surface area contributed by atoms with Crippen LogP contribution in [0.15, 0.2) is 36.4 Å². The Hall–Kier alpha value is -2.95. The van der Waals surface area contributed by atoms with Crippen molar-refractivity contribution in [2.45, 2.75) is 19.2 Å². The molecule has 11 heteroatoms. The number of anilines is 1. The minimum Gasteiger partial charge on any atom is -0.448 e. The van der Waals surface area contributed by atoms with Gasteiger partial charge in [0.25, 0.3) is 5.91 Å². The highest BCUT2D eigenvalue weighted by Crippen LogP contribution is 2.30. The molecule has 7 nitrogen and oxygen atoms in total. The number of carbonyl (C=O) groups excluding carboxylic acids is 2. The van der Waals surface area contributed by atoms with E-state index < -0.39 is 34.6 Å². The molecule has 2 aromatic rings. The Morgan fingerprint density at radius 2 is 1.81 bits per heavy atom. The van der Waals surface area contributed by atoms with E-state index in [1.165, 1.54) is 13.0 Å². The highest BCUT2D eigenvalue weighted by molar-refractivity contribution is 7.17. The number of ether oxygens (including phenoxy) is 1. The van der Waals surface area contributed by atoms with Crippen molar-refractivity contribution in [1.82, 2.24) is 0 Å². The zero-order valence-corrected chi connectivity index (χ0v) is 13.9. The third-order valence-electron chi connectivity index (χ3n) is 3.11. The van der Waals surface area contributed by atoms with Gasteiger partial charge in [0.15, 0.2) is 6.10 Å². The standard InChI is InChI=1S/C15H11F3N2O5S/c1-8(25-14(22)11-6-7-12(26-11)20(23)24)13(21)19-10-4-2-9(3-5-10)15(16,17)18/h2-8H,1H3,(H,19,21)/t8-/m0/s1. The van der Waals surface area contributed by atoms with Crippen LogP contribution in [0.1, 0.15) is 22.2 Å². The number of hydrogen-bond acceptors (Lipinski definition) is 6. The number of benzene rings is 1. The average molecular weight is 388 g/mol. The zero-order chi connectivity index (χ0) is 19.5. The minimum absolute atomic E-state index is 0.0501. The van der Waals surface area contributed by atoms with E-state index in [0.29, 0.717) is 11.3 Å². The van der Waals surface area contributed by atoms with Gasteiger partial charge in [0.05, 0.1) is 10.5 Å². The maximum absolute atomic E-state index is 12.5. The molecule has 0 aliphatic rings. The van der Waals surface area contributed by atoms with Gasteiger partial charge in [0, 0.05) is 11.8 Å². The summed E-state index contributed by atoms with van der Waals surface area (Å²) in [6.07, 6.45) is -5.75. The maximum Gasteiger partial charge on any atom is 0.416 e. The second-order valence-corrected chi connectivity index (χ2v) is 6.07. The molecule has 2 rings (SSSR count). The second kappa shape index (κ2) is 7.52. The molecule has 0 fully saturated rings. The summed E-state index contributed by atoms with van der Waals surface area (Å²) in [7, 11) is 0. The first-order valence-electron chi connectivity index (χ1n) is 7.01. The average Bonchev–Trinajstić information content (AvgIpc) is 3.04. The van der Waals surface area contributed by atoms with Crippen LogP contribution in [0.5, 0.6) is 0 Å². The van der Waals surface area contributed by atoms with E-state index >= 15 is 0 Å². The molecule has 1 amide bonds. The van der Waals surface area contributed by atoms with Crippen molar-refractivity contribution >= 4 is 33.9 Å². The number of esters is 1. The summed E-state index contributed by atoms with van der Waals surface area (Å²) >= 11 is 0.599. The number of amides is 1. The number of nitrogens with one attached hydrogen (secondary N) is 1. The second-order valence-electron chi connectivity index (χ2n) is 5.01. The normalized spacial score (nSPS) is 12.3. The molecule has 138 valence electrons. The topological polar surface area (TPSA) is 98.5 Å². The number of thiophene rings is 1. The van der Waals surface area contributed by atoms with Gasteiger partial charge in [-0.25, -0.2) is 4.79 Å². The predicted molar refractivity (Wildman–Crippen MR) is 85.9 cm³/mol. The lowest BCUT2D eigenvalue weighted by Crippen LogP contribution is -2.29. The van der Waals surface area contributed by atoms with Crippen molar-refractivity contribution < 1.29 is 32.4 Å². The third-order valence-corrected chi connectivity index (χ3v) is 4.12. The number of alkyl halides is 3. The summed E-state index contributed by atoms with van der Waals surface area (Å²) in [6, 6.07) is 6.07. The van der Waals surface area contributed by atoms with E-state index in [9.17, 15) is 32.9 Å². The van der Waals surface area contributed by atoms with Crippen molar-refractivity contribution in [3.8, 4) is 0 Å². The number of carbonyl (C=O) groups is 2. The smallest absolute Gasteiger partial charge is 0.416 e. The van der Waals surface area contributed by atoms with Gasteiger partial charge >= 0.3 is 17.1 Å². The largest absolute Gasteiger partial charge is 0.448 e. The summed E-state index contributed by atoms with van der Waals surface area (Å²) < 4.78 is 42.3. The van der Waals surface area contributed by atoms with Crippen molar-refractivity contribution in [1.29, 1.82) is 0 Å². The Kier molecular flexibility index (Phi) is 5.60. The number of nitrogens with zero attached hydrogens (tertiary/aromatic N) is 1. The van der Waals surface area contributed by atoms with E-state index in [4.69, 9.17) is 4.74 Å². The zero-order valence-electron chi connectivity index (χ0n) is 13.1. The number of halogens is 3. The highest BCUT2D eigenvalue weighted by atomic mass is 32.1. The van der Waals surface area contributed by atoms with Crippen molar-refractivity contribution in [3.05, 3.63) is 57.0 Å². The van der Waals surface area contributed by atoms with E-state index in [-0.39, 0.29) is 15.6 Å². The van der Waals surface area contributed by atoms with E-state index in [2.05, 4.69) is 5.32 Å². The summed E-state index contributed by atoms with van der Waals surface area (Å²) in [6.45, 7) is 1.26. The fraction of sp³-hybridized carbons (Fsp3) is 0.200.